The fourth-order valence-electron chi connectivity index (χ4n) is 2.57. The van der Waals surface area contributed by atoms with E-state index in [9.17, 15) is 13.2 Å². The molecule has 1 aliphatic rings. The van der Waals surface area contributed by atoms with Gasteiger partial charge in [0.2, 0.25) is 10.0 Å². The zero-order valence-electron chi connectivity index (χ0n) is 13.8. The van der Waals surface area contributed by atoms with E-state index >= 15 is 0 Å². The zero-order valence-corrected chi connectivity index (χ0v) is 15.4. The van der Waals surface area contributed by atoms with Gasteiger partial charge >= 0.3 is 0 Å². The Labute approximate surface area is 155 Å². The van der Waals surface area contributed by atoms with Gasteiger partial charge in [-0.2, -0.15) is 5.10 Å². The molecule has 138 valence electrons. The standard InChI is InChI=1S/C15H17ClN6O3S/c1-19-26(24,25)9-4-5-12(11(16)6-9)22(15(17)18)14(23)10-7-20-21-13(10)8-2-3-8/h4-8,19H,2-3H2,1H3,(H3,17,18)(H,20,21). The Morgan fingerprint density at radius 1 is 1.46 bits per heavy atom. The molecular formula is C15H17ClN6O3S. The Morgan fingerprint density at radius 2 is 2.15 bits per heavy atom. The fraction of sp³-hybridized carbons (Fsp3) is 0.267. The number of nitrogens with two attached hydrogens (primary N) is 1. The summed E-state index contributed by atoms with van der Waals surface area (Å²) >= 11 is 6.19. The van der Waals surface area contributed by atoms with Crippen LogP contribution in [0.1, 0.15) is 34.8 Å². The Kier molecular flexibility index (Phi) is 4.74. The van der Waals surface area contributed by atoms with Gasteiger partial charge in [0.25, 0.3) is 5.91 Å². The summed E-state index contributed by atoms with van der Waals surface area (Å²) in [5.74, 6) is -0.854. The SMILES string of the molecule is CNS(=O)(=O)c1ccc(N(C(=N)N)C(=O)c2cn[nH]c2C2CC2)c(Cl)c1. The molecule has 0 radical (unpaired) electrons. The van der Waals surface area contributed by atoms with Crippen LogP contribution in [0.25, 0.3) is 0 Å². The summed E-state index contributed by atoms with van der Waals surface area (Å²) < 4.78 is 26.0. The van der Waals surface area contributed by atoms with Gasteiger partial charge in [-0.05, 0) is 38.1 Å². The molecule has 1 saturated carbocycles. The minimum absolute atomic E-state index is 0.0265. The maximum atomic E-state index is 12.9. The van der Waals surface area contributed by atoms with E-state index < -0.39 is 21.9 Å². The van der Waals surface area contributed by atoms with E-state index in [-0.39, 0.29) is 21.5 Å². The molecule has 1 aromatic heterocycles. The average Bonchev–Trinajstić information content (AvgIpc) is 3.32. The molecule has 2 aromatic rings. The van der Waals surface area contributed by atoms with Gasteiger partial charge in [-0.15, -0.1) is 0 Å². The second-order valence-electron chi connectivity index (χ2n) is 5.82. The first-order valence-corrected chi connectivity index (χ1v) is 9.57. The summed E-state index contributed by atoms with van der Waals surface area (Å²) in [5.41, 5.74) is 6.73. The first-order valence-electron chi connectivity index (χ1n) is 7.71. The maximum absolute atomic E-state index is 12.9. The number of anilines is 1. The minimum atomic E-state index is -3.69. The van der Waals surface area contributed by atoms with Gasteiger partial charge in [0.05, 0.1) is 33.1 Å². The molecular weight excluding hydrogens is 380 g/mol. The number of amides is 1. The highest BCUT2D eigenvalue weighted by Crippen LogP contribution is 2.41. The van der Waals surface area contributed by atoms with E-state index in [0.717, 1.165) is 17.7 Å². The van der Waals surface area contributed by atoms with E-state index in [1.807, 2.05) is 0 Å². The van der Waals surface area contributed by atoms with E-state index in [4.69, 9.17) is 22.7 Å². The molecule has 0 spiro atoms. The average molecular weight is 397 g/mol. The summed E-state index contributed by atoms with van der Waals surface area (Å²) in [4.78, 5) is 13.8. The number of carbonyl (C=O) groups excluding carboxylic acids is 1. The van der Waals surface area contributed by atoms with Crippen LogP contribution < -0.4 is 15.4 Å². The lowest BCUT2D eigenvalue weighted by Crippen LogP contribution is -2.42. The minimum Gasteiger partial charge on any atom is -0.369 e. The number of carbonyl (C=O) groups is 1. The van der Waals surface area contributed by atoms with Gasteiger partial charge in [-0.1, -0.05) is 11.6 Å². The lowest BCUT2D eigenvalue weighted by Gasteiger charge is -2.22. The van der Waals surface area contributed by atoms with Gasteiger partial charge in [-0.25, -0.2) is 18.0 Å². The monoisotopic (exact) mass is 396 g/mol. The number of rotatable bonds is 5. The van der Waals surface area contributed by atoms with Gasteiger partial charge in [0, 0.05) is 5.92 Å². The predicted molar refractivity (Wildman–Crippen MR) is 97.0 cm³/mol. The molecule has 1 amide bonds. The number of halogens is 1. The van der Waals surface area contributed by atoms with Crippen LogP contribution in [-0.2, 0) is 10.0 Å². The second-order valence-corrected chi connectivity index (χ2v) is 8.11. The molecule has 0 saturated heterocycles. The second kappa shape index (κ2) is 6.71. The third-order valence-electron chi connectivity index (χ3n) is 4.07. The summed E-state index contributed by atoms with van der Waals surface area (Å²) in [6, 6.07) is 3.82. The Balaban J connectivity index is 2.02. The number of nitrogens with zero attached hydrogens (tertiary/aromatic N) is 2. The molecule has 1 fully saturated rings. The van der Waals surface area contributed by atoms with Crippen molar-refractivity contribution >= 4 is 39.2 Å². The van der Waals surface area contributed by atoms with E-state index in [1.54, 1.807) is 0 Å². The van der Waals surface area contributed by atoms with Crippen LogP contribution in [0.15, 0.2) is 29.3 Å². The number of hydrogen-bond acceptors (Lipinski definition) is 5. The molecule has 1 aliphatic carbocycles. The van der Waals surface area contributed by atoms with Crippen LogP contribution in [0, 0.1) is 5.41 Å². The summed E-state index contributed by atoms with van der Waals surface area (Å²) in [7, 11) is -2.42. The molecule has 1 aromatic carbocycles. The molecule has 0 aliphatic heterocycles. The molecule has 1 heterocycles. The zero-order chi connectivity index (χ0) is 19.1. The highest BCUT2D eigenvalue weighted by Gasteiger charge is 2.33. The van der Waals surface area contributed by atoms with Gasteiger partial charge in [0.15, 0.2) is 5.96 Å². The van der Waals surface area contributed by atoms with Gasteiger partial charge in [-0.3, -0.25) is 15.3 Å². The summed E-state index contributed by atoms with van der Waals surface area (Å²) in [5, 5.41) is 14.5. The van der Waals surface area contributed by atoms with Crippen LogP contribution >= 0.6 is 11.6 Å². The number of benzene rings is 1. The molecule has 0 unspecified atom stereocenters. The number of nitrogens with one attached hydrogen (secondary N) is 3. The summed E-state index contributed by atoms with van der Waals surface area (Å²) in [6.45, 7) is 0. The van der Waals surface area contributed by atoms with Crippen LogP contribution in [0.2, 0.25) is 5.02 Å². The van der Waals surface area contributed by atoms with E-state index in [0.29, 0.717) is 11.3 Å². The number of aromatic amines is 1. The van der Waals surface area contributed by atoms with Crippen molar-refractivity contribution in [3.8, 4) is 0 Å². The van der Waals surface area contributed by atoms with E-state index in [1.165, 1.54) is 31.4 Å². The van der Waals surface area contributed by atoms with Crippen molar-refractivity contribution in [2.45, 2.75) is 23.7 Å². The lowest BCUT2D eigenvalue weighted by molar-refractivity contribution is 0.100. The van der Waals surface area contributed by atoms with Crippen LogP contribution in [-0.4, -0.2) is 37.5 Å². The first-order chi connectivity index (χ1) is 12.3. The van der Waals surface area contributed by atoms with Crippen molar-refractivity contribution in [2.75, 3.05) is 11.9 Å². The largest absolute Gasteiger partial charge is 0.369 e. The number of hydrogen-bond donors (Lipinski definition) is 4. The van der Waals surface area contributed by atoms with Crippen molar-refractivity contribution in [3.05, 3.63) is 40.7 Å². The molecule has 0 bridgehead atoms. The van der Waals surface area contributed by atoms with E-state index in [2.05, 4.69) is 14.9 Å². The molecule has 3 rings (SSSR count). The van der Waals surface area contributed by atoms with Gasteiger partial charge in [0.1, 0.15) is 0 Å². The molecule has 5 N–H and O–H groups in total. The quantitative estimate of drug-likeness (QED) is 0.445. The van der Waals surface area contributed by atoms with Crippen LogP contribution in [0.3, 0.4) is 0 Å². The van der Waals surface area contributed by atoms with Crippen molar-refractivity contribution in [1.29, 1.82) is 5.41 Å². The third-order valence-corrected chi connectivity index (χ3v) is 5.78. The normalized spacial score (nSPS) is 14.2. The number of aromatic nitrogens is 2. The topological polar surface area (TPSA) is 145 Å². The smallest absolute Gasteiger partial charge is 0.268 e. The molecule has 26 heavy (non-hydrogen) atoms. The van der Waals surface area contributed by atoms with Crippen molar-refractivity contribution in [2.24, 2.45) is 5.73 Å². The third kappa shape index (κ3) is 3.30. The molecule has 11 heteroatoms. The predicted octanol–water partition coefficient (Wildman–Crippen LogP) is 1.39. The van der Waals surface area contributed by atoms with Crippen molar-refractivity contribution in [3.63, 3.8) is 0 Å². The van der Waals surface area contributed by atoms with Crippen molar-refractivity contribution < 1.29 is 13.2 Å². The highest BCUT2D eigenvalue weighted by molar-refractivity contribution is 7.89. The lowest BCUT2D eigenvalue weighted by atomic mass is 10.1. The molecule has 9 nitrogen and oxygen atoms in total. The highest BCUT2D eigenvalue weighted by atomic mass is 35.5. The first kappa shape index (κ1) is 18.4. The Hall–Kier alpha value is -2.43. The van der Waals surface area contributed by atoms with Crippen LogP contribution in [0.5, 0.6) is 0 Å². The number of H-pyrrole nitrogens is 1. The van der Waals surface area contributed by atoms with Crippen molar-refractivity contribution in [1.82, 2.24) is 14.9 Å². The van der Waals surface area contributed by atoms with Crippen LogP contribution in [0.4, 0.5) is 5.69 Å². The number of sulfonamides is 1. The summed E-state index contributed by atoms with van der Waals surface area (Å²) in [6.07, 6.45) is 3.30. The van der Waals surface area contributed by atoms with Gasteiger partial charge < -0.3 is 5.73 Å². The fourth-order valence-corrected chi connectivity index (χ4v) is 3.66. The Bertz CT molecular complexity index is 983. The molecule has 0 atom stereocenters. The Morgan fingerprint density at radius 3 is 2.69 bits per heavy atom. The maximum Gasteiger partial charge on any atom is 0.268 e. The number of guanidine groups is 1.